The van der Waals surface area contributed by atoms with Gasteiger partial charge in [0.25, 0.3) is 0 Å². The highest BCUT2D eigenvalue weighted by Gasteiger charge is 2.50. The molecule has 4 aromatic rings. The SMILES string of the molecule is C=C/C(=C\C(C)=C/CB1OC(C)(C)C(C)(C)O1)c1cccc2c1SC1C=CC=CC21.CC.Cc1cccc(N2c3ccccc3CC(C)(C)c3ccccc32)c1. The molecule has 56 heavy (non-hydrogen) atoms. The molecule has 3 heterocycles. The Hall–Kier alpha value is -4.29. The van der Waals surface area contributed by atoms with Crippen LogP contribution < -0.4 is 4.90 Å². The van der Waals surface area contributed by atoms with Crippen molar-refractivity contribution in [1.82, 2.24) is 0 Å². The first kappa shape index (κ1) is 41.4. The van der Waals surface area contributed by atoms with Gasteiger partial charge in [-0.3, -0.25) is 0 Å². The maximum absolute atomic E-state index is 6.12. The molecule has 0 amide bonds. The highest BCUT2D eigenvalue weighted by Crippen LogP contribution is 2.51. The molecule has 1 saturated heterocycles. The Kier molecular flexibility index (Phi) is 12.6. The first-order valence-corrected chi connectivity index (χ1v) is 21.2. The van der Waals surface area contributed by atoms with Crippen molar-refractivity contribution in [3.8, 4) is 0 Å². The van der Waals surface area contributed by atoms with Gasteiger partial charge in [0.05, 0.1) is 11.2 Å². The number of nitrogens with zero attached hydrogens (tertiary/aromatic N) is 1. The number of benzene rings is 4. The molecule has 8 rings (SSSR count). The number of rotatable bonds is 6. The van der Waals surface area contributed by atoms with Crippen LogP contribution in [0.2, 0.25) is 6.32 Å². The van der Waals surface area contributed by atoms with Crippen molar-refractivity contribution in [2.75, 3.05) is 4.90 Å². The van der Waals surface area contributed by atoms with Gasteiger partial charge in [0.1, 0.15) is 0 Å². The summed E-state index contributed by atoms with van der Waals surface area (Å²) in [6.45, 7) is 25.5. The quantitative estimate of drug-likeness (QED) is 0.144. The predicted molar refractivity (Wildman–Crippen MR) is 244 cm³/mol. The van der Waals surface area contributed by atoms with Crippen LogP contribution in [0.25, 0.3) is 5.57 Å². The standard InChI is InChI=1S/C26H31BO2S.C23H23N.C2H6/c1-7-19(17-18(2)15-16-27-28-25(3,4)26(5,6)29-27)20-12-10-13-22-21-11-8-9-14-23(21)30-24(20)22;1-17-9-8-11-19(15-17)24-21-13-6-4-10-18(21)16-23(2,3)20-12-5-7-14-22(20)24;1-2/h7-15,17,21,23H,1,16H2,2-6H3;4-15H,16H2,1-3H3;1-2H3/b18-15-,19-17+;;. The number of thioether (sulfide) groups is 1. The van der Waals surface area contributed by atoms with Gasteiger partial charge in [0.2, 0.25) is 0 Å². The average molecular weight is 762 g/mol. The fourth-order valence-electron chi connectivity index (χ4n) is 8.05. The summed E-state index contributed by atoms with van der Waals surface area (Å²) >= 11 is 1.96. The number of aryl methyl sites for hydroxylation is 1. The average Bonchev–Trinajstić information content (AvgIpc) is 3.63. The number of allylic oxidation sites excluding steroid dienone is 8. The van der Waals surface area contributed by atoms with Crippen LogP contribution in [-0.2, 0) is 21.1 Å². The normalized spacial score (nSPS) is 21.0. The molecular formula is C51H60BNO2S. The summed E-state index contributed by atoms with van der Waals surface area (Å²) < 4.78 is 12.2. The van der Waals surface area contributed by atoms with Crippen molar-refractivity contribution in [3.63, 3.8) is 0 Å². The molecule has 0 radical (unpaired) electrons. The van der Waals surface area contributed by atoms with Gasteiger partial charge in [0, 0.05) is 39.4 Å². The van der Waals surface area contributed by atoms with Crippen LogP contribution in [-0.4, -0.2) is 23.6 Å². The van der Waals surface area contributed by atoms with Crippen LogP contribution in [0, 0.1) is 6.92 Å². The molecule has 0 spiro atoms. The summed E-state index contributed by atoms with van der Waals surface area (Å²) in [5, 5.41) is 0.497. The highest BCUT2D eigenvalue weighted by atomic mass is 32.2. The predicted octanol–water partition coefficient (Wildman–Crippen LogP) is 14.3. The van der Waals surface area contributed by atoms with Gasteiger partial charge >= 0.3 is 7.12 Å². The van der Waals surface area contributed by atoms with Crippen LogP contribution in [0.5, 0.6) is 0 Å². The Morgan fingerprint density at radius 3 is 2.21 bits per heavy atom. The third kappa shape index (κ3) is 8.51. The molecule has 4 aliphatic rings. The van der Waals surface area contributed by atoms with Crippen molar-refractivity contribution in [2.45, 2.75) is 115 Å². The molecule has 290 valence electrons. The fraction of sp³-hybridized carbons (Fsp3) is 0.333. The van der Waals surface area contributed by atoms with Gasteiger partial charge in [-0.25, -0.2) is 0 Å². The van der Waals surface area contributed by atoms with Crippen LogP contribution in [0.3, 0.4) is 0 Å². The molecule has 0 aromatic heterocycles. The van der Waals surface area contributed by atoms with Gasteiger partial charge in [-0.05, 0) is 111 Å². The van der Waals surface area contributed by atoms with Crippen LogP contribution in [0.1, 0.15) is 96.0 Å². The fourth-order valence-corrected chi connectivity index (χ4v) is 9.53. The maximum Gasteiger partial charge on any atom is 0.461 e. The Morgan fingerprint density at radius 2 is 1.50 bits per heavy atom. The second-order valence-electron chi connectivity index (χ2n) is 16.7. The molecule has 3 aliphatic heterocycles. The minimum Gasteiger partial charge on any atom is -0.403 e. The monoisotopic (exact) mass is 761 g/mol. The lowest BCUT2D eigenvalue weighted by molar-refractivity contribution is 0.00578. The van der Waals surface area contributed by atoms with Crippen molar-refractivity contribution in [2.24, 2.45) is 0 Å². The zero-order valence-electron chi connectivity index (χ0n) is 35.2. The zero-order chi connectivity index (χ0) is 40.3. The molecular weight excluding hydrogens is 701 g/mol. The van der Waals surface area contributed by atoms with Gasteiger partial charge in [-0.2, -0.15) is 0 Å². The summed E-state index contributed by atoms with van der Waals surface area (Å²) in [5.41, 5.74) is 12.5. The van der Waals surface area contributed by atoms with E-state index >= 15 is 0 Å². The third-order valence-corrected chi connectivity index (χ3v) is 13.0. The van der Waals surface area contributed by atoms with E-state index < -0.39 is 0 Å². The van der Waals surface area contributed by atoms with Crippen molar-refractivity contribution >= 4 is 41.5 Å². The Balaban J connectivity index is 0.000000186. The lowest BCUT2D eigenvalue weighted by Gasteiger charge is -2.32. The third-order valence-electron chi connectivity index (χ3n) is 11.6. The first-order valence-electron chi connectivity index (χ1n) is 20.3. The van der Waals surface area contributed by atoms with E-state index in [9.17, 15) is 0 Å². The van der Waals surface area contributed by atoms with E-state index in [-0.39, 0.29) is 23.7 Å². The molecule has 1 fully saturated rings. The van der Waals surface area contributed by atoms with E-state index in [2.05, 4.69) is 194 Å². The molecule has 2 unspecified atom stereocenters. The van der Waals surface area contributed by atoms with E-state index in [4.69, 9.17) is 9.31 Å². The van der Waals surface area contributed by atoms with Crippen molar-refractivity contribution < 1.29 is 9.31 Å². The van der Waals surface area contributed by atoms with Crippen LogP contribution in [0.15, 0.2) is 151 Å². The Labute approximate surface area is 342 Å². The molecule has 0 saturated carbocycles. The van der Waals surface area contributed by atoms with E-state index in [1.165, 1.54) is 55.3 Å². The first-order chi connectivity index (χ1) is 26.8. The molecule has 3 nitrogen and oxygen atoms in total. The lowest BCUT2D eigenvalue weighted by atomic mass is 9.79. The molecule has 0 bridgehead atoms. The molecule has 5 heteroatoms. The molecule has 1 aliphatic carbocycles. The molecule has 4 aromatic carbocycles. The van der Waals surface area contributed by atoms with E-state index in [1.54, 1.807) is 0 Å². The molecule has 0 N–H and O–H groups in total. The Bertz CT molecular complexity index is 2160. The minimum absolute atomic E-state index is 0.102. The van der Waals surface area contributed by atoms with Gasteiger partial charge in [-0.1, -0.05) is 149 Å². The highest BCUT2D eigenvalue weighted by molar-refractivity contribution is 8.00. The number of hydrogen-bond acceptors (Lipinski definition) is 4. The Morgan fingerprint density at radius 1 is 0.839 bits per heavy atom. The number of para-hydroxylation sites is 2. The van der Waals surface area contributed by atoms with Gasteiger partial charge < -0.3 is 14.2 Å². The second-order valence-corrected chi connectivity index (χ2v) is 17.8. The maximum atomic E-state index is 6.12. The van der Waals surface area contributed by atoms with Crippen molar-refractivity contribution in [1.29, 1.82) is 0 Å². The largest absolute Gasteiger partial charge is 0.461 e. The summed E-state index contributed by atoms with van der Waals surface area (Å²) in [5.74, 6) is 0.473. The summed E-state index contributed by atoms with van der Waals surface area (Å²) in [6.07, 6.45) is 17.1. The number of anilines is 3. The van der Waals surface area contributed by atoms with E-state index in [0.717, 1.165) is 18.3 Å². The van der Waals surface area contributed by atoms with E-state index in [0.29, 0.717) is 11.2 Å². The second kappa shape index (κ2) is 17.1. The lowest BCUT2D eigenvalue weighted by Crippen LogP contribution is -2.41. The minimum atomic E-state index is -0.289. The summed E-state index contributed by atoms with van der Waals surface area (Å²) in [6, 6.07) is 33.1. The van der Waals surface area contributed by atoms with Gasteiger partial charge in [-0.15, -0.1) is 11.8 Å². The topological polar surface area (TPSA) is 21.7 Å². The molecule has 2 atom stereocenters. The summed E-state index contributed by atoms with van der Waals surface area (Å²) in [7, 11) is -0.205. The van der Waals surface area contributed by atoms with Crippen LogP contribution in [0.4, 0.5) is 17.1 Å². The summed E-state index contributed by atoms with van der Waals surface area (Å²) in [4.78, 5) is 3.81. The zero-order valence-corrected chi connectivity index (χ0v) is 36.0. The number of fused-ring (bicyclic) bond motifs is 5. The smallest absolute Gasteiger partial charge is 0.403 e. The van der Waals surface area contributed by atoms with E-state index in [1.807, 2.05) is 31.7 Å². The van der Waals surface area contributed by atoms with Crippen LogP contribution >= 0.6 is 11.8 Å². The van der Waals surface area contributed by atoms with Gasteiger partial charge in [0.15, 0.2) is 0 Å². The van der Waals surface area contributed by atoms with Crippen molar-refractivity contribution in [3.05, 3.63) is 173 Å². The number of hydrogen-bond donors (Lipinski definition) is 0.